The molecular weight excluding hydrogens is 280 g/mol. The van der Waals surface area contributed by atoms with Crippen molar-refractivity contribution in [2.75, 3.05) is 5.73 Å². The summed E-state index contributed by atoms with van der Waals surface area (Å²) < 4.78 is 0. The van der Waals surface area contributed by atoms with Crippen LogP contribution in [0.1, 0.15) is 34.1 Å². The minimum absolute atomic E-state index is 0.0104. The first kappa shape index (κ1) is 16.2. The first-order valence-corrected chi connectivity index (χ1v) is 7.54. The molecule has 0 aliphatic carbocycles. The number of thioether (sulfide) groups is 1. The zero-order valence-electron chi connectivity index (χ0n) is 11.8. The molecule has 0 saturated heterocycles. The Bertz CT molecular complexity index is 463. The van der Waals surface area contributed by atoms with Crippen molar-refractivity contribution in [3.05, 3.63) is 23.2 Å². The maximum Gasteiger partial charge on any atom is 0.233 e. The van der Waals surface area contributed by atoms with Crippen molar-refractivity contribution in [2.45, 2.75) is 49.8 Å². The van der Waals surface area contributed by atoms with Crippen molar-refractivity contribution >= 4 is 35.0 Å². The van der Waals surface area contributed by atoms with Gasteiger partial charge in [-0.1, -0.05) is 18.5 Å². The summed E-state index contributed by atoms with van der Waals surface area (Å²) in [6, 6.07) is 5.29. The monoisotopic (exact) mass is 300 g/mol. The van der Waals surface area contributed by atoms with Crippen LogP contribution in [-0.4, -0.2) is 16.7 Å². The number of nitrogens with two attached hydrogens (primary N) is 1. The van der Waals surface area contributed by atoms with E-state index in [4.69, 9.17) is 17.3 Å². The molecule has 1 unspecified atom stereocenters. The van der Waals surface area contributed by atoms with E-state index in [1.165, 1.54) is 11.8 Å². The molecule has 0 saturated carbocycles. The Balaban J connectivity index is 2.71. The van der Waals surface area contributed by atoms with E-state index in [-0.39, 0.29) is 16.7 Å². The van der Waals surface area contributed by atoms with E-state index in [0.717, 1.165) is 11.3 Å². The van der Waals surface area contributed by atoms with Gasteiger partial charge < -0.3 is 11.1 Å². The fourth-order valence-corrected chi connectivity index (χ4v) is 2.56. The molecule has 1 amide bonds. The summed E-state index contributed by atoms with van der Waals surface area (Å²) in [6.07, 6.45) is 0.884. The number of nitrogens with one attached hydrogen (secondary N) is 1. The molecule has 106 valence electrons. The van der Waals surface area contributed by atoms with E-state index >= 15 is 0 Å². The van der Waals surface area contributed by atoms with Gasteiger partial charge in [0.15, 0.2) is 0 Å². The maximum atomic E-state index is 12.1. The van der Waals surface area contributed by atoms with Gasteiger partial charge in [-0.3, -0.25) is 4.79 Å². The highest BCUT2D eigenvalue weighted by molar-refractivity contribution is 8.00. The van der Waals surface area contributed by atoms with E-state index in [9.17, 15) is 4.79 Å². The second-order valence-corrected chi connectivity index (χ2v) is 6.99. The van der Waals surface area contributed by atoms with Crippen LogP contribution >= 0.6 is 23.4 Å². The van der Waals surface area contributed by atoms with Crippen LogP contribution in [0.2, 0.25) is 5.02 Å². The lowest BCUT2D eigenvalue weighted by atomic mass is 10.0. The number of hydrogen-bond acceptors (Lipinski definition) is 3. The lowest BCUT2D eigenvalue weighted by molar-refractivity contribution is -0.121. The summed E-state index contributed by atoms with van der Waals surface area (Å²) in [6.45, 7) is 7.94. The number of carbonyl (C=O) groups excluding carboxylic acids is 1. The number of benzene rings is 1. The smallest absolute Gasteiger partial charge is 0.233 e. The van der Waals surface area contributed by atoms with E-state index in [1.54, 1.807) is 18.2 Å². The Morgan fingerprint density at radius 3 is 2.74 bits per heavy atom. The van der Waals surface area contributed by atoms with Crippen LogP contribution in [0.3, 0.4) is 0 Å². The maximum absolute atomic E-state index is 12.1. The third-order valence-electron chi connectivity index (χ3n) is 2.99. The van der Waals surface area contributed by atoms with Gasteiger partial charge in [-0.2, -0.15) is 0 Å². The van der Waals surface area contributed by atoms with E-state index < -0.39 is 0 Å². The minimum atomic E-state index is -0.216. The molecule has 19 heavy (non-hydrogen) atoms. The van der Waals surface area contributed by atoms with Crippen molar-refractivity contribution in [3.63, 3.8) is 0 Å². The van der Waals surface area contributed by atoms with Gasteiger partial charge in [0, 0.05) is 21.1 Å². The second kappa shape index (κ2) is 6.53. The van der Waals surface area contributed by atoms with Gasteiger partial charge in [-0.15, -0.1) is 11.8 Å². The van der Waals surface area contributed by atoms with Crippen LogP contribution in [0, 0.1) is 0 Å². The molecule has 1 atom stereocenters. The van der Waals surface area contributed by atoms with Gasteiger partial charge in [-0.05, 0) is 45.4 Å². The zero-order valence-corrected chi connectivity index (χ0v) is 13.4. The predicted molar refractivity (Wildman–Crippen MR) is 83.7 cm³/mol. The normalized spacial score (nSPS) is 13.1. The largest absolute Gasteiger partial charge is 0.398 e. The highest BCUT2D eigenvalue weighted by atomic mass is 35.5. The van der Waals surface area contributed by atoms with Crippen molar-refractivity contribution in [3.8, 4) is 0 Å². The molecule has 0 radical (unpaired) electrons. The highest BCUT2D eigenvalue weighted by Crippen LogP contribution is 2.31. The first-order chi connectivity index (χ1) is 8.75. The van der Waals surface area contributed by atoms with Crippen molar-refractivity contribution in [2.24, 2.45) is 0 Å². The third-order valence-corrected chi connectivity index (χ3v) is 4.40. The van der Waals surface area contributed by atoms with Gasteiger partial charge in [0.05, 0.1) is 5.25 Å². The molecule has 0 aliphatic heterocycles. The molecule has 0 aromatic heterocycles. The van der Waals surface area contributed by atoms with E-state index in [2.05, 4.69) is 5.32 Å². The SMILES string of the molecule is CCC(C)(C)NC(=O)C(C)Sc1cc(Cl)ccc1N. The number of hydrogen-bond donors (Lipinski definition) is 2. The Hall–Kier alpha value is -0.870. The van der Waals surface area contributed by atoms with Gasteiger partial charge >= 0.3 is 0 Å². The van der Waals surface area contributed by atoms with Gasteiger partial charge in [-0.25, -0.2) is 0 Å². The van der Waals surface area contributed by atoms with Crippen molar-refractivity contribution < 1.29 is 4.79 Å². The number of halogens is 1. The summed E-state index contributed by atoms with van der Waals surface area (Å²) >= 11 is 7.36. The molecule has 1 aromatic carbocycles. The van der Waals surface area contributed by atoms with Crippen LogP contribution in [0.25, 0.3) is 0 Å². The zero-order chi connectivity index (χ0) is 14.6. The minimum Gasteiger partial charge on any atom is -0.398 e. The third kappa shape index (κ3) is 4.96. The fourth-order valence-electron chi connectivity index (χ4n) is 1.38. The van der Waals surface area contributed by atoms with Crippen LogP contribution < -0.4 is 11.1 Å². The van der Waals surface area contributed by atoms with E-state index in [1.807, 2.05) is 27.7 Å². The molecular formula is C14H21ClN2OS. The molecule has 3 nitrogen and oxygen atoms in total. The second-order valence-electron chi connectivity index (χ2n) is 5.17. The average molecular weight is 301 g/mol. The average Bonchev–Trinajstić information content (AvgIpc) is 2.33. The Morgan fingerprint density at radius 1 is 1.53 bits per heavy atom. The molecule has 3 N–H and O–H groups in total. The predicted octanol–water partition coefficient (Wildman–Crippen LogP) is 3.71. The summed E-state index contributed by atoms with van der Waals surface area (Å²) in [7, 11) is 0. The van der Waals surface area contributed by atoms with Gasteiger partial charge in [0.25, 0.3) is 0 Å². The molecule has 0 bridgehead atoms. The molecule has 0 aliphatic rings. The Labute approximate surface area is 124 Å². The van der Waals surface area contributed by atoms with Crippen molar-refractivity contribution in [1.29, 1.82) is 0 Å². The van der Waals surface area contributed by atoms with Crippen LogP contribution in [0.5, 0.6) is 0 Å². The topological polar surface area (TPSA) is 55.1 Å². The number of nitrogen functional groups attached to an aromatic ring is 1. The number of anilines is 1. The number of carbonyl (C=O) groups is 1. The van der Waals surface area contributed by atoms with Crippen molar-refractivity contribution in [1.82, 2.24) is 5.32 Å². The van der Waals surface area contributed by atoms with Crippen LogP contribution in [0.4, 0.5) is 5.69 Å². The van der Waals surface area contributed by atoms with E-state index in [0.29, 0.717) is 10.7 Å². The standard InChI is InChI=1S/C14H21ClN2OS/c1-5-14(3,4)17-13(18)9(2)19-12-8-10(15)6-7-11(12)16/h6-9H,5,16H2,1-4H3,(H,17,18). The van der Waals surface area contributed by atoms with Gasteiger partial charge in [0.1, 0.15) is 0 Å². The molecule has 0 heterocycles. The number of amides is 1. The lowest BCUT2D eigenvalue weighted by Gasteiger charge is -2.26. The Kier molecular flexibility index (Phi) is 5.56. The van der Waals surface area contributed by atoms with Crippen LogP contribution in [-0.2, 0) is 4.79 Å². The van der Waals surface area contributed by atoms with Gasteiger partial charge in [0.2, 0.25) is 5.91 Å². The molecule has 1 rings (SSSR count). The number of rotatable bonds is 5. The summed E-state index contributed by atoms with van der Waals surface area (Å²) in [5.41, 5.74) is 6.33. The molecule has 5 heteroatoms. The fraction of sp³-hybridized carbons (Fsp3) is 0.500. The van der Waals surface area contributed by atoms with Crippen LogP contribution in [0.15, 0.2) is 23.1 Å². The Morgan fingerprint density at radius 2 is 2.16 bits per heavy atom. The highest BCUT2D eigenvalue weighted by Gasteiger charge is 2.22. The molecule has 1 aromatic rings. The quantitative estimate of drug-likeness (QED) is 0.644. The summed E-state index contributed by atoms with van der Waals surface area (Å²) in [5.74, 6) is 0.0104. The summed E-state index contributed by atoms with van der Waals surface area (Å²) in [5, 5.41) is 3.43. The lowest BCUT2D eigenvalue weighted by Crippen LogP contribution is -2.46. The molecule has 0 spiro atoms. The first-order valence-electron chi connectivity index (χ1n) is 6.29. The molecule has 0 fully saturated rings. The summed E-state index contributed by atoms with van der Waals surface area (Å²) in [4.78, 5) is 12.9.